The van der Waals surface area contributed by atoms with Crippen LogP contribution in [-0.4, -0.2) is 57.1 Å². The minimum absolute atomic E-state index is 0.147. The van der Waals surface area contributed by atoms with Crippen LogP contribution in [0, 0.1) is 0 Å². The third kappa shape index (κ3) is 5.09. The maximum absolute atomic E-state index is 12.8. The molecule has 0 radical (unpaired) electrons. The Morgan fingerprint density at radius 2 is 1.75 bits per heavy atom. The first-order chi connectivity index (χ1) is 15.6. The van der Waals surface area contributed by atoms with E-state index in [2.05, 4.69) is 24.8 Å². The zero-order chi connectivity index (χ0) is 22.3. The Labute approximate surface area is 186 Å². The zero-order valence-electron chi connectivity index (χ0n) is 17.7. The van der Waals surface area contributed by atoms with Crippen LogP contribution in [0.4, 0.5) is 11.6 Å². The molecule has 0 aliphatic carbocycles. The normalized spacial score (nSPS) is 13.6. The molecule has 3 heterocycles. The van der Waals surface area contributed by atoms with Crippen LogP contribution in [0.25, 0.3) is 11.1 Å². The van der Waals surface area contributed by atoms with Gasteiger partial charge in [0.15, 0.2) is 0 Å². The third-order valence-corrected chi connectivity index (χ3v) is 5.26. The molecule has 1 amide bonds. The lowest BCUT2D eigenvalue weighted by atomic mass is 10.0. The first-order valence-corrected chi connectivity index (χ1v) is 10.5. The van der Waals surface area contributed by atoms with Crippen LogP contribution in [0.5, 0.6) is 6.01 Å². The van der Waals surface area contributed by atoms with Gasteiger partial charge in [0, 0.05) is 49.1 Å². The molecule has 10 heteroatoms. The molecule has 10 nitrogen and oxygen atoms in total. The second-order valence-electron chi connectivity index (χ2n) is 7.50. The summed E-state index contributed by atoms with van der Waals surface area (Å²) in [6, 6.07) is 7.14. The summed E-state index contributed by atoms with van der Waals surface area (Å²) in [5, 5.41) is 1.06. The highest BCUT2D eigenvalue weighted by Gasteiger charge is 2.18. The number of anilines is 2. The predicted octanol–water partition coefficient (Wildman–Crippen LogP) is 1.90. The highest BCUT2D eigenvalue weighted by molar-refractivity contribution is 6.00. The van der Waals surface area contributed by atoms with Crippen molar-refractivity contribution in [2.45, 2.75) is 19.3 Å². The monoisotopic (exact) mass is 434 g/mol. The summed E-state index contributed by atoms with van der Waals surface area (Å²) in [7, 11) is 0. The molecule has 1 aliphatic heterocycles. The summed E-state index contributed by atoms with van der Waals surface area (Å²) >= 11 is 0. The summed E-state index contributed by atoms with van der Waals surface area (Å²) in [4.78, 5) is 32.0. The highest BCUT2D eigenvalue weighted by Crippen LogP contribution is 2.25. The van der Waals surface area contributed by atoms with Gasteiger partial charge < -0.3 is 15.4 Å². The average molecular weight is 435 g/mol. The average Bonchev–Trinajstić information content (AvgIpc) is 2.85. The molecule has 0 bridgehead atoms. The number of hydrazine groups is 1. The standard InChI is InChI=1S/C22H26N8O2/c23-19-6-5-16(17-14-27-21(28-15-17)29-9-2-1-3-10-29)13-18(19)20(31)30(24)11-12-32-22-25-7-4-8-26-22/h4-8,13-15H,1-3,9-12,23-24H2. The van der Waals surface area contributed by atoms with Gasteiger partial charge in [-0.05, 0) is 43.0 Å². The lowest BCUT2D eigenvalue weighted by Gasteiger charge is -2.26. The molecule has 2 aromatic heterocycles. The van der Waals surface area contributed by atoms with Crippen LogP contribution in [0.15, 0.2) is 49.1 Å². The number of carbonyl (C=O) groups excluding carboxylic acids is 1. The van der Waals surface area contributed by atoms with Crippen molar-refractivity contribution in [2.24, 2.45) is 5.84 Å². The lowest BCUT2D eigenvalue weighted by molar-refractivity contribution is 0.0728. The number of ether oxygens (including phenoxy) is 1. The number of nitrogens with zero attached hydrogens (tertiary/aromatic N) is 6. The number of amides is 1. The molecule has 1 aromatic carbocycles. The molecule has 0 saturated carbocycles. The van der Waals surface area contributed by atoms with Crippen LogP contribution in [0.3, 0.4) is 0 Å². The van der Waals surface area contributed by atoms with E-state index in [-0.39, 0.29) is 19.2 Å². The van der Waals surface area contributed by atoms with Crippen LogP contribution < -0.4 is 21.2 Å². The van der Waals surface area contributed by atoms with Gasteiger partial charge in [-0.1, -0.05) is 6.07 Å². The van der Waals surface area contributed by atoms with E-state index in [0.717, 1.165) is 48.0 Å². The van der Waals surface area contributed by atoms with Gasteiger partial charge >= 0.3 is 6.01 Å². The Morgan fingerprint density at radius 3 is 2.47 bits per heavy atom. The molecular weight excluding hydrogens is 408 g/mol. The van der Waals surface area contributed by atoms with Gasteiger partial charge in [-0.3, -0.25) is 9.80 Å². The Balaban J connectivity index is 1.42. The van der Waals surface area contributed by atoms with Gasteiger partial charge in [-0.15, -0.1) is 0 Å². The van der Waals surface area contributed by atoms with E-state index < -0.39 is 5.91 Å². The molecule has 1 saturated heterocycles. The van der Waals surface area contributed by atoms with Crippen molar-refractivity contribution in [3.05, 3.63) is 54.6 Å². The molecule has 0 spiro atoms. The molecule has 4 rings (SSSR count). The van der Waals surface area contributed by atoms with E-state index >= 15 is 0 Å². The second-order valence-corrected chi connectivity index (χ2v) is 7.50. The van der Waals surface area contributed by atoms with Crippen LogP contribution in [0.2, 0.25) is 0 Å². The fourth-order valence-corrected chi connectivity index (χ4v) is 3.50. The van der Waals surface area contributed by atoms with E-state index in [1.54, 1.807) is 43.0 Å². The number of rotatable bonds is 7. The van der Waals surface area contributed by atoms with Gasteiger partial charge in [0.05, 0.1) is 12.1 Å². The second kappa shape index (κ2) is 10.0. The summed E-state index contributed by atoms with van der Waals surface area (Å²) in [5.41, 5.74) is 8.29. The fraction of sp³-hybridized carbons (Fsp3) is 0.318. The smallest absolute Gasteiger partial charge is 0.316 e. The Kier molecular flexibility index (Phi) is 6.71. The SMILES string of the molecule is Nc1ccc(-c2cnc(N3CCCCC3)nc2)cc1C(=O)N(N)CCOc1ncccn1. The number of hydrogen-bond acceptors (Lipinski definition) is 9. The third-order valence-electron chi connectivity index (χ3n) is 5.26. The van der Waals surface area contributed by atoms with E-state index in [1.807, 2.05) is 6.07 Å². The topological polar surface area (TPSA) is 136 Å². The number of carbonyl (C=O) groups is 1. The largest absolute Gasteiger partial charge is 0.462 e. The van der Waals surface area contributed by atoms with E-state index in [4.69, 9.17) is 16.3 Å². The van der Waals surface area contributed by atoms with E-state index in [1.165, 1.54) is 6.42 Å². The molecule has 32 heavy (non-hydrogen) atoms. The summed E-state index contributed by atoms with van der Waals surface area (Å²) in [6.07, 6.45) is 10.3. The van der Waals surface area contributed by atoms with Crippen LogP contribution in [0.1, 0.15) is 29.6 Å². The quantitative estimate of drug-likeness (QED) is 0.247. The van der Waals surface area contributed by atoms with Crippen molar-refractivity contribution < 1.29 is 9.53 Å². The van der Waals surface area contributed by atoms with Crippen molar-refractivity contribution in [1.29, 1.82) is 0 Å². The Hall–Kier alpha value is -3.79. The van der Waals surface area contributed by atoms with Crippen LogP contribution in [-0.2, 0) is 0 Å². The van der Waals surface area contributed by atoms with Gasteiger partial charge in [-0.25, -0.2) is 25.8 Å². The molecule has 0 unspecified atom stereocenters. The van der Waals surface area contributed by atoms with Gasteiger partial charge in [0.1, 0.15) is 6.61 Å². The number of nitrogens with two attached hydrogens (primary N) is 2. The maximum atomic E-state index is 12.8. The summed E-state index contributed by atoms with van der Waals surface area (Å²) in [6.45, 7) is 2.25. The Bertz CT molecular complexity index is 1040. The molecular formula is C22H26N8O2. The van der Waals surface area contributed by atoms with Gasteiger partial charge in [0.25, 0.3) is 5.91 Å². The first-order valence-electron chi connectivity index (χ1n) is 10.5. The lowest BCUT2D eigenvalue weighted by Crippen LogP contribution is -2.40. The van der Waals surface area contributed by atoms with E-state index in [0.29, 0.717) is 11.3 Å². The van der Waals surface area contributed by atoms with Crippen molar-refractivity contribution in [1.82, 2.24) is 24.9 Å². The van der Waals surface area contributed by atoms with Crippen molar-refractivity contribution in [3.8, 4) is 17.1 Å². The number of nitrogen functional groups attached to an aromatic ring is 1. The number of piperidine rings is 1. The summed E-state index contributed by atoms with van der Waals surface area (Å²) in [5.74, 6) is 6.27. The summed E-state index contributed by atoms with van der Waals surface area (Å²) < 4.78 is 5.40. The fourth-order valence-electron chi connectivity index (χ4n) is 3.50. The highest BCUT2D eigenvalue weighted by atomic mass is 16.5. The zero-order valence-corrected chi connectivity index (χ0v) is 17.7. The van der Waals surface area contributed by atoms with Gasteiger partial charge in [-0.2, -0.15) is 0 Å². The minimum Gasteiger partial charge on any atom is -0.462 e. The van der Waals surface area contributed by atoms with E-state index in [9.17, 15) is 4.79 Å². The van der Waals surface area contributed by atoms with Gasteiger partial charge in [0.2, 0.25) is 5.95 Å². The predicted molar refractivity (Wildman–Crippen MR) is 121 cm³/mol. The molecule has 1 fully saturated rings. The van der Waals surface area contributed by atoms with Crippen molar-refractivity contribution in [2.75, 3.05) is 36.9 Å². The molecule has 4 N–H and O–H groups in total. The van der Waals surface area contributed by atoms with Crippen LogP contribution >= 0.6 is 0 Å². The number of hydrogen-bond donors (Lipinski definition) is 2. The Morgan fingerprint density at radius 1 is 1.03 bits per heavy atom. The molecule has 3 aromatic rings. The molecule has 1 aliphatic rings. The first kappa shape index (κ1) is 21.4. The number of benzene rings is 1. The number of aromatic nitrogens is 4. The maximum Gasteiger partial charge on any atom is 0.316 e. The van der Waals surface area contributed by atoms with Crippen molar-refractivity contribution >= 4 is 17.5 Å². The van der Waals surface area contributed by atoms with Crippen molar-refractivity contribution in [3.63, 3.8) is 0 Å². The minimum atomic E-state index is -0.409. The molecule has 0 atom stereocenters. The molecule has 166 valence electrons.